The Balaban J connectivity index is 2.29. The summed E-state index contributed by atoms with van der Waals surface area (Å²) in [5.74, 6) is 0.965. The van der Waals surface area contributed by atoms with Crippen molar-refractivity contribution in [2.24, 2.45) is 11.1 Å². The topological polar surface area (TPSA) is 35.2 Å². The van der Waals surface area contributed by atoms with E-state index in [-0.39, 0.29) is 11.5 Å². The van der Waals surface area contributed by atoms with Crippen molar-refractivity contribution in [2.75, 3.05) is 6.61 Å². The molecular formula is C16H25NO. The first-order chi connectivity index (χ1) is 8.73. The molecule has 18 heavy (non-hydrogen) atoms. The van der Waals surface area contributed by atoms with Gasteiger partial charge in [0.15, 0.2) is 0 Å². The first kappa shape index (κ1) is 13.4. The van der Waals surface area contributed by atoms with Crippen molar-refractivity contribution in [3.63, 3.8) is 0 Å². The van der Waals surface area contributed by atoms with Crippen LogP contribution in [0.25, 0.3) is 0 Å². The Morgan fingerprint density at radius 3 is 2.50 bits per heavy atom. The van der Waals surface area contributed by atoms with Crippen molar-refractivity contribution in [2.45, 2.75) is 52.0 Å². The molecule has 1 saturated carbocycles. The van der Waals surface area contributed by atoms with Crippen LogP contribution in [0.15, 0.2) is 24.3 Å². The summed E-state index contributed by atoms with van der Waals surface area (Å²) in [5, 5.41) is 0. The molecule has 100 valence electrons. The lowest BCUT2D eigenvalue weighted by Gasteiger charge is -2.35. The summed E-state index contributed by atoms with van der Waals surface area (Å²) in [7, 11) is 0. The lowest BCUT2D eigenvalue weighted by atomic mass is 9.74. The predicted molar refractivity (Wildman–Crippen MR) is 75.7 cm³/mol. The molecule has 2 N–H and O–H groups in total. The molecule has 0 aromatic heterocycles. The molecule has 0 radical (unpaired) electrons. The Bertz CT molecular complexity index is 382. The highest BCUT2D eigenvalue weighted by Gasteiger charge is 2.39. The zero-order valence-electron chi connectivity index (χ0n) is 11.6. The Hall–Kier alpha value is -1.02. The minimum Gasteiger partial charge on any atom is -0.494 e. The van der Waals surface area contributed by atoms with Gasteiger partial charge >= 0.3 is 0 Å². The van der Waals surface area contributed by atoms with Gasteiger partial charge in [-0.1, -0.05) is 38.0 Å². The average molecular weight is 247 g/mol. The van der Waals surface area contributed by atoms with Gasteiger partial charge in [0, 0.05) is 11.6 Å². The number of benzene rings is 1. The molecule has 0 amide bonds. The number of rotatable bonds is 5. The molecule has 1 aromatic carbocycles. The smallest absolute Gasteiger partial charge is 0.124 e. The van der Waals surface area contributed by atoms with Gasteiger partial charge in [0.05, 0.1) is 6.61 Å². The number of ether oxygens (including phenoxy) is 1. The fourth-order valence-electron chi connectivity index (χ4n) is 3.32. The summed E-state index contributed by atoms with van der Waals surface area (Å²) in [6, 6.07) is 8.36. The Morgan fingerprint density at radius 2 is 1.89 bits per heavy atom. The maximum absolute atomic E-state index is 6.60. The minimum absolute atomic E-state index is 0.104. The molecule has 0 spiro atoms. The lowest BCUT2D eigenvalue weighted by Crippen LogP contribution is -2.32. The molecular weight excluding hydrogens is 222 g/mol. The number of hydrogen-bond acceptors (Lipinski definition) is 2. The van der Waals surface area contributed by atoms with Crippen LogP contribution in [0.3, 0.4) is 0 Å². The van der Waals surface area contributed by atoms with Gasteiger partial charge in [-0.2, -0.15) is 0 Å². The Kier molecular flexibility index (Phi) is 4.28. The van der Waals surface area contributed by atoms with E-state index in [9.17, 15) is 0 Å². The van der Waals surface area contributed by atoms with Crippen molar-refractivity contribution < 1.29 is 4.74 Å². The van der Waals surface area contributed by atoms with E-state index in [2.05, 4.69) is 19.1 Å². The molecule has 1 aromatic rings. The fourth-order valence-corrected chi connectivity index (χ4v) is 3.32. The molecule has 0 saturated heterocycles. The normalized spacial score (nSPS) is 19.7. The molecule has 1 unspecified atom stereocenters. The van der Waals surface area contributed by atoms with Crippen LogP contribution in [-0.4, -0.2) is 6.61 Å². The number of hydrogen-bond donors (Lipinski definition) is 1. The van der Waals surface area contributed by atoms with Crippen LogP contribution in [0.4, 0.5) is 0 Å². The molecule has 1 fully saturated rings. The van der Waals surface area contributed by atoms with Crippen molar-refractivity contribution >= 4 is 0 Å². The highest BCUT2D eigenvalue weighted by Crippen LogP contribution is 2.50. The van der Waals surface area contributed by atoms with Gasteiger partial charge in [-0.15, -0.1) is 0 Å². The highest BCUT2D eigenvalue weighted by molar-refractivity contribution is 5.37. The maximum Gasteiger partial charge on any atom is 0.124 e. The summed E-state index contributed by atoms with van der Waals surface area (Å²) in [5.41, 5.74) is 8.07. The van der Waals surface area contributed by atoms with Gasteiger partial charge in [-0.3, -0.25) is 0 Å². The summed E-state index contributed by atoms with van der Waals surface area (Å²) < 4.78 is 5.73. The zero-order chi connectivity index (χ0) is 13.0. The van der Waals surface area contributed by atoms with Gasteiger partial charge < -0.3 is 10.5 Å². The average Bonchev–Trinajstić information content (AvgIpc) is 2.89. The summed E-state index contributed by atoms with van der Waals surface area (Å²) in [6.07, 6.45) is 6.31. The van der Waals surface area contributed by atoms with Crippen LogP contribution < -0.4 is 10.5 Å². The molecule has 0 bridgehead atoms. The van der Waals surface area contributed by atoms with Gasteiger partial charge in [0.2, 0.25) is 0 Å². The third-order valence-corrected chi connectivity index (χ3v) is 4.52. The van der Waals surface area contributed by atoms with E-state index < -0.39 is 0 Å². The minimum atomic E-state index is 0.104. The third kappa shape index (κ3) is 2.39. The summed E-state index contributed by atoms with van der Waals surface area (Å²) >= 11 is 0. The van der Waals surface area contributed by atoms with Crippen LogP contribution >= 0.6 is 0 Å². The molecule has 1 aliphatic carbocycles. The second-order valence-corrected chi connectivity index (χ2v) is 5.37. The largest absolute Gasteiger partial charge is 0.494 e. The molecule has 0 heterocycles. The van der Waals surface area contributed by atoms with Crippen molar-refractivity contribution in [1.29, 1.82) is 0 Å². The predicted octanol–water partition coefficient (Wildman–Crippen LogP) is 4.06. The first-order valence-corrected chi connectivity index (χ1v) is 7.21. The molecule has 2 heteroatoms. The van der Waals surface area contributed by atoms with E-state index >= 15 is 0 Å². The second-order valence-electron chi connectivity index (χ2n) is 5.37. The summed E-state index contributed by atoms with van der Waals surface area (Å²) in [4.78, 5) is 0. The quantitative estimate of drug-likeness (QED) is 0.851. The van der Waals surface area contributed by atoms with Gasteiger partial charge in [0.1, 0.15) is 5.75 Å². The first-order valence-electron chi connectivity index (χ1n) is 7.21. The van der Waals surface area contributed by atoms with Crippen LogP contribution in [0.2, 0.25) is 0 Å². The molecule has 2 rings (SSSR count). The van der Waals surface area contributed by atoms with Crippen LogP contribution in [0, 0.1) is 5.41 Å². The van der Waals surface area contributed by atoms with Gasteiger partial charge in [0.25, 0.3) is 0 Å². The fraction of sp³-hybridized carbons (Fsp3) is 0.625. The zero-order valence-corrected chi connectivity index (χ0v) is 11.6. The SMILES string of the molecule is CCOc1ccccc1C(N)C1(CC)CCCC1. The van der Waals surface area contributed by atoms with E-state index in [4.69, 9.17) is 10.5 Å². The standard InChI is InChI=1S/C16H25NO/c1-3-16(11-7-8-12-16)15(17)13-9-5-6-10-14(13)18-4-2/h5-6,9-10,15H,3-4,7-8,11-12,17H2,1-2H3. The van der Waals surface area contributed by atoms with E-state index in [0.717, 1.165) is 12.2 Å². The second kappa shape index (κ2) is 5.75. The van der Waals surface area contributed by atoms with E-state index in [1.807, 2.05) is 19.1 Å². The molecule has 0 aliphatic heterocycles. The Labute approximate surface area is 111 Å². The van der Waals surface area contributed by atoms with E-state index in [1.54, 1.807) is 0 Å². The number of nitrogens with two attached hydrogens (primary N) is 1. The highest BCUT2D eigenvalue weighted by atomic mass is 16.5. The number of para-hydroxylation sites is 1. The van der Waals surface area contributed by atoms with Crippen LogP contribution in [-0.2, 0) is 0 Å². The monoisotopic (exact) mass is 247 g/mol. The van der Waals surface area contributed by atoms with Gasteiger partial charge in [-0.05, 0) is 37.7 Å². The van der Waals surface area contributed by atoms with Crippen LogP contribution in [0.5, 0.6) is 5.75 Å². The van der Waals surface area contributed by atoms with Gasteiger partial charge in [-0.25, -0.2) is 0 Å². The van der Waals surface area contributed by atoms with E-state index in [1.165, 1.54) is 31.2 Å². The van der Waals surface area contributed by atoms with Crippen molar-refractivity contribution in [3.8, 4) is 5.75 Å². The molecule has 1 atom stereocenters. The maximum atomic E-state index is 6.60. The van der Waals surface area contributed by atoms with Crippen molar-refractivity contribution in [1.82, 2.24) is 0 Å². The lowest BCUT2D eigenvalue weighted by molar-refractivity contribution is 0.216. The molecule has 2 nitrogen and oxygen atoms in total. The van der Waals surface area contributed by atoms with Crippen molar-refractivity contribution in [3.05, 3.63) is 29.8 Å². The Morgan fingerprint density at radius 1 is 1.22 bits per heavy atom. The van der Waals surface area contributed by atoms with Crippen LogP contribution in [0.1, 0.15) is 57.6 Å². The molecule has 1 aliphatic rings. The summed E-state index contributed by atoms with van der Waals surface area (Å²) in [6.45, 7) is 4.99. The third-order valence-electron chi connectivity index (χ3n) is 4.52. The van der Waals surface area contributed by atoms with E-state index in [0.29, 0.717) is 6.61 Å².